The second-order valence-corrected chi connectivity index (χ2v) is 1.38. The first kappa shape index (κ1) is 8.44. The summed E-state index contributed by atoms with van der Waals surface area (Å²) in [7, 11) is 0. The van der Waals surface area contributed by atoms with E-state index in [-0.39, 0.29) is 20.3 Å². The van der Waals surface area contributed by atoms with Gasteiger partial charge in [0, 0.05) is 12.2 Å². The smallest absolute Gasteiger partial charge is 1.00 e. The summed E-state index contributed by atoms with van der Waals surface area (Å²) in [4.78, 5) is 20.6. The third-order valence-corrected chi connectivity index (χ3v) is 0.843. The van der Waals surface area contributed by atoms with Crippen molar-refractivity contribution in [3.05, 3.63) is 12.2 Å². The number of nitrogens with zero attached hydrogens (tertiary/aromatic N) is 1. The molecule has 1 heterocycles. The van der Waals surface area contributed by atoms with Crippen molar-refractivity contribution >= 4 is 11.8 Å². The zero-order valence-electron chi connectivity index (χ0n) is 6.00. The maximum atomic E-state index is 10.3. The van der Waals surface area contributed by atoms with E-state index < -0.39 is 11.8 Å². The van der Waals surface area contributed by atoms with Gasteiger partial charge < -0.3 is 1.43 Å². The molecule has 0 saturated heterocycles. The molecule has 2 N–H and O–H groups in total. The molecule has 0 aromatic carbocycles. The third-order valence-electron chi connectivity index (χ3n) is 0.843. The van der Waals surface area contributed by atoms with Gasteiger partial charge in [0.25, 0.3) is 11.8 Å². The van der Waals surface area contributed by atoms with Crippen LogP contribution in [0.2, 0.25) is 0 Å². The Morgan fingerprint density at radius 2 is 1.67 bits per heavy atom. The summed E-state index contributed by atoms with van der Waals surface area (Å²) in [6.07, 6.45) is 2.25. The van der Waals surface area contributed by atoms with E-state index in [0.717, 1.165) is 12.2 Å². The quantitative estimate of drug-likeness (QED) is 0.153. The van der Waals surface area contributed by atoms with Gasteiger partial charge in [0.05, 0.1) is 0 Å². The second kappa shape index (κ2) is 2.83. The molecule has 0 unspecified atom stereocenters. The summed E-state index contributed by atoms with van der Waals surface area (Å²) in [5.74, 6) is 3.97. The molecule has 0 saturated carbocycles. The molecule has 0 bridgehead atoms. The van der Waals surface area contributed by atoms with Gasteiger partial charge in [-0.2, -0.15) is 0 Å². The molecule has 5 heteroatoms. The summed E-state index contributed by atoms with van der Waals surface area (Å²) in [5.41, 5.74) is 0. The van der Waals surface area contributed by atoms with Gasteiger partial charge in [0.15, 0.2) is 0 Å². The van der Waals surface area contributed by atoms with Gasteiger partial charge in [-0.3, -0.25) is 9.59 Å². The van der Waals surface area contributed by atoms with Crippen LogP contribution in [0.3, 0.4) is 0 Å². The Kier molecular flexibility index (Phi) is 2.65. The predicted molar refractivity (Wildman–Crippen MR) is 26.3 cm³/mol. The van der Waals surface area contributed by atoms with Crippen molar-refractivity contribution in [1.29, 1.82) is 0 Å². The number of nitrogens with two attached hydrogens (primary N) is 1. The number of hydrazine groups is 1. The summed E-state index contributed by atoms with van der Waals surface area (Å²) in [6, 6.07) is 0. The molecule has 1 rings (SSSR count). The standard InChI is InChI=1S/C4H4N2O2.Li.H/c5-6-3(7)1-2-4(6)8;;/h1-2H,5H2;;/q;+1;-1. The van der Waals surface area contributed by atoms with Gasteiger partial charge in [0.2, 0.25) is 0 Å². The minimum absolute atomic E-state index is 0. The molecule has 0 spiro atoms. The third kappa shape index (κ3) is 1.42. The summed E-state index contributed by atoms with van der Waals surface area (Å²) < 4.78 is 0. The molecule has 9 heavy (non-hydrogen) atoms. The van der Waals surface area contributed by atoms with E-state index in [1.165, 1.54) is 0 Å². The van der Waals surface area contributed by atoms with Gasteiger partial charge in [-0.1, -0.05) is 0 Å². The van der Waals surface area contributed by atoms with E-state index in [2.05, 4.69) is 0 Å². The van der Waals surface area contributed by atoms with Gasteiger partial charge in [0.1, 0.15) is 0 Å². The molecule has 0 fully saturated rings. The summed E-state index contributed by atoms with van der Waals surface area (Å²) >= 11 is 0. The maximum absolute atomic E-state index is 10.3. The SMILES string of the molecule is NN1C(=O)C=CC1=O.[H-].[Li+]. The molecule has 1 aliphatic heterocycles. The van der Waals surface area contributed by atoms with Crippen LogP contribution >= 0.6 is 0 Å². The number of carbonyl (C=O) groups is 2. The van der Waals surface area contributed by atoms with Crippen LogP contribution < -0.4 is 24.7 Å². The van der Waals surface area contributed by atoms with Gasteiger partial charge in [-0.25, -0.2) is 10.9 Å². The molecule has 0 aromatic rings. The van der Waals surface area contributed by atoms with Crippen molar-refractivity contribution in [2.24, 2.45) is 5.84 Å². The zero-order valence-corrected chi connectivity index (χ0v) is 5.00. The van der Waals surface area contributed by atoms with E-state index in [0.29, 0.717) is 5.01 Å². The molecule has 0 radical (unpaired) electrons. The monoisotopic (exact) mass is 120 g/mol. The molecule has 0 aromatic heterocycles. The Morgan fingerprint density at radius 3 is 1.78 bits per heavy atom. The van der Waals surface area contributed by atoms with Crippen LogP contribution in [0.15, 0.2) is 12.2 Å². The molecule has 4 nitrogen and oxygen atoms in total. The molecular weight excluding hydrogens is 115 g/mol. The van der Waals surface area contributed by atoms with E-state index in [1.54, 1.807) is 0 Å². The van der Waals surface area contributed by atoms with Gasteiger partial charge in [-0.15, -0.1) is 0 Å². The predicted octanol–water partition coefficient (Wildman–Crippen LogP) is -4.10. The van der Waals surface area contributed by atoms with Crippen molar-refractivity contribution in [1.82, 2.24) is 5.01 Å². The Labute approximate surface area is 65.3 Å². The fraction of sp³-hybridized carbons (Fsp3) is 0. The average Bonchev–Trinajstić information content (AvgIpc) is 1.98. The largest absolute Gasteiger partial charge is 1.00 e. The molecule has 1 aliphatic rings. The Balaban J connectivity index is 0. The van der Waals surface area contributed by atoms with E-state index >= 15 is 0 Å². The minimum Gasteiger partial charge on any atom is -1.00 e. The number of rotatable bonds is 0. The normalized spacial score (nSPS) is 16.3. The van der Waals surface area contributed by atoms with Crippen molar-refractivity contribution in [2.75, 3.05) is 0 Å². The Hall–Kier alpha value is -0.563. The van der Waals surface area contributed by atoms with Crippen molar-refractivity contribution in [2.45, 2.75) is 0 Å². The summed E-state index contributed by atoms with van der Waals surface area (Å²) in [6.45, 7) is 0. The minimum atomic E-state index is -0.463. The van der Waals surface area contributed by atoms with Crippen LogP contribution in [0.4, 0.5) is 0 Å². The first-order valence-corrected chi connectivity index (χ1v) is 2.02. The number of hydrogen-bond donors (Lipinski definition) is 1. The Bertz CT molecular complexity index is 164. The van der Waals surface area contributed by atoms with E-state index in [4.69, 9.17) is 5.84 Å². The number of carbonyl (C=O) groups excluding carboxylic acids is 2. The average molecular weight is 120 g/mol. The van der Waals surface area contributed by atoms with Crippen LogP contribution in [-0.4, -0.2) is 16.8 Å². The topological polar surface area (TPSA) is 63.4 Å². The van der Waals surface area contributed by atoms with Gasteiger partial charge >= 0.3 is 18.9 Å². The van der Waals surface area contributed by atoms with Gasteiger partial charge in [-0.05, 0) is 0 Å². The first-order chi connectivity index (χ1) is 3.72. The first-order valence-electron chi connectivity index (χ1n) is 2.02. The van der Waals surface area contributed by atoms with Crippen LogP contribution in [-0.2, 0) is 9.59 Å². The number of imide groups is 1. The fourth-order valence-electron chi connectivity index (χ4n) is 0.412. The number of amides is 2. The maximum Gasteiger partial charge on any atom is 1.00 e. The van der Waals surface area contributed by atoms with Crippen LogP contribution in [0, 0.1) is 0 Å². The van der Waals surface area contributed by atoms with E-state index in [9.17, 15) is 9.59 Å². The molecule has 0 aliphatic carbocycles. The van der Waals surface area contributed by atoms with E-state index in [1.807, 2.05) is 0 Å². The summed E-state index contributed by atoms with van der Waals surface area (Å²) in [5, 5.41) is 0.556. The Morgan fingerprint density at radius 1 is 1.33 bits per heavy atom. The fourth-order valence-corrected chi connectivity index (χ4v) is 0.412. The molecule has 44 valence electrons. The van der Waals surface area contributed by atoms with Crippen molar-refractivity contribution in [3.8, 4) is 0 Å². The van der Waals surface area contributed by atoms with Crippen molar-refractivity contribution in [3.63, 3.8) is 0 Å². The zero-order chi connectivity index (χ0) is 6.15. The van der Waals surface area contributed by atoms with Crippen LogP contribution in [0.1, 0.15) is 1.43 Å². The number of hydrogen-bond acceptors (Lipinski definition) is 3. The van der Waals surface area contributed by atoms with Crippen LogP contribution in [0.5, 0.6) is 0 Å². The second-order valence-electron chi connectivity index (χ2n) is 1.38. The molecular formula is C4H5LiN2O2. The molecule has 0 atom stereocenters. The molecule has 2 amide bonds. The van der Waals surface area contributed by atoms with Crippen LogP contribution in [0.25, 0.3) is 0 Å². The van der Waals surface area contributed by atoms with Crippen molar-refractivity contribution < 1.29 is 29.9 Å².